The second kappa shape index (κ2) is 5.71. The average molecular weight is 314 g/mol. The van der Waals surface area contributed by atoms with Gasteiger partial charge in [-0.15, -0.1) is 10.2 Å². The van der Waals surface area contributed by atoms with Crippen molar-refractivity contribution in [1.82, 2.24) is 24.4 Å². The molecule has 3 heterocycles. The highest BCUT2D eigenvalue weighted by Gasteiger charge is 2.14. The van der Waals surface area contributed by atoms with Gasteiger partial charge in [-0.1, -0.05) is 0 Å². The Morgan fingerprint density at radius 1 is 1.30 bits per heavy atom. The standard InChI is InChI=1S/C15H18N6O2/c1-9-5-6-21-12(7-9)17-18-15(21)16-13(22)8-23-14-10(2)19-20(4)11(14)3/h5-7H,8H2,1-4H3,(H,16,18,22). The number of rotatable bonds is 4. The summed E-state index contributed by atoms with van der Waals surface area (Å²) in [7, 11) is 1.83. The van der Waals surface area contributed by atoms with Crippen molar-refractivity contribution in [1.29, 1.82) is 0 Å². The highest BCUT2D eigenvalue weighted by molar-refractivity contribution is 5.90. The van der Waals surface area contributed by atoms with Crippen molar-refractivity contribution < 1.29 is 9.53 Å². The average Bonchev–Trinajstić information content (AvgIpc) is 2.99. The van der Waals surface area contributed by atoms with Gasteiger partial charge >= 0.3 is 0 Å². The third-order valence-electron chi connectivity index (χ3n) is 3.61. The van der Waals surface area contributed by atoms with Crippen molar-refractivity contribution in [3.63, 3.8) is 0 Å². The molecule has 0 spiro atoms. The Morgan fingerprint density at radius 3 is 2.78 bits per heavy atom. The molecule has 0 atom stereocenters. The lowest BCUT2D eigenvalue weighted by atomic mass is 10.3. The van der Waals surface area contributed by atoms with Gasteiger partial charge in [-0.05, 0) is 38.5 Å². The first kappa shape index (κ1) is 15.0. The monoisotopic (exact) mass is 314 g/mol. The molecule has 3 aromatic heterocycles. The van der Waals surface area contributed by atoms with Crippen LogP contribution in [-0.2, 0) is 11.8 Å². The normalized spacial score (nSPS) is 11.0. The Balaban J connectivity index is 1.69. The molecule has 1 N–H and O–H groups in total. The molecule has 8 heteroatoms. The minimum Gasteiger partial charge on any atom is -0.480 e. The van der Waals surface area contributed by atoms with Crippen LogP contribution in [0.5, 0.6) is 5.75 Å². The highest BCUT2D eigenvalue weighted by Crippen LogP contribution is 2.21. The van der Waals surface area contributed by atoms with Crippen molar-refractivity contribution in [3.05, 3.63) is 35.3 Å². The molecule has 1 amide bonds. The number of carbonyl (C=O) groups is 1. The zero-order chi connectivity index (χ0) is 16.6. The quantitative estimate of drug-likeness (QED) is 0.787. The highest BCUT2D eigenvalue weighted by atomic mass is 16.5. The molecule has 0 aromatic carbocycles. The molecule has 8 nitrogen and oxygen atoms in total. The number of fused-ring (bicyclic) bond motifs is 1. The van der Waals surface area contributed by atoms with E-state index in [1.807, 2.05) is 46.1 Å². The molecule has 0 saturated carbocycles. The van der Waals surface area contributed by atoms with Gasteiger partial charge in [0, 0.05) is 13.2 Å². The number of ether oxygens (including phenoxy) is 1. The molecular weight excluding hydrogens is 296 g/mol. The van der Waals surface area contributed by atoms with Crippen LogP contribution in [0.2, 0.25) is 0 Å². The number of anilines is 1. The van der Waals surface area contributed by atoms with E-state index in [1.165, 1.54) is 0 Å². The Hall–Kier alpha value is -2.90. The molecule has 120 valence electrons. The van der Waals surface area contributed by atoms with Gasteiger partial charge in [0.2, 0.25) is 5.95 Å². The van der Waals surface area contributed by atoms with E-state index < -0.39 is 0 Å². The van der Waals surface area contributed by atoms with E-state index in [1.54, 1.807) is 9.08 Å². The van der Waals surface area contributed by atoms with E-state index in [9.17, 15) is 4.79 Å². The second-order valence-corrected chi connectivity index (χ2v) is 5.42. The number of nitrogens with one attached hydrogen (secondary N) is 1. The molecule has 0 fully saturated rings. The van der Waals surface area contributed by atoms with Gasteiger partial charge in [0.25, 0.3) is 5.91 Å². The first-order chi connectivity index (χ1) is 11.0. The van der Waals surface area contributed by atoms with Crippen LogP contribution in [-0.4, -0.2) is 36.9 Å². The van der Waals surface area contributed by atoms with E-state index in [0.29, 0.717) is 17.3 Å². The molecule has 3 aromatic rings. The summed E-state index contributed by atoms with van der Waals surface area (Å²) >= 11 is 0. The van der Waals surface area contributed by atoms with E-state index in [-0.39, 0.29) is 12.5 Å². The molecule has 3 rings (SSSR count). The fourth-order valence-electron chi connectivity index (χ4n) is 2.34. The van der Waals surface area contributed by atoms with E-state index in [4.69, 9.17) is 4.74 Å². The fraction of sp³-hybridized carbons (Fsp3) is 0.333. The minimum absolute atomic E-state index is 0.117. The first-order valence-electron chi connectivity index (χ1n) is 7.20. The number of hydrogen-bond donors (Lipinski definition) is 1. The van der Waals surface area contributed by atoms with Crippen LogP contribution in [0.1, 0.15) is 17.0 Å². The summed E-state index contributed by atoms with van der Waals surface area (Å²) < 4.78 is 9.01. The maximum Gasteiger partial charge on any atom is 0.264 e. The predicted octanol–water partition coefficient (Wildman–Crippen LogP) is 1.41. The van der Waals surface area contributed by atoms with Gasteiger partial charge in [0.15, 0.2) is 18.0 Å². The molecule has 0 radical (unpaired) electrons. The van der Waals surface area contributed by atoms with Gasteiger partial charge in [0.05, 0.1) is 5.69 Å². The third-order valence-corrected chi connectivity index (χ3v) is 3.61. The number of hydrogen-bond acceptors (Lipinski definition) is 5. The second-order valence-electron chi connectivity index (χ2n) is 5.42. The van der Waals surface area contributed by atoms with Crippen LogP contribution in [0.4, 0.5) is 5.95 Å². The van der Waals surface area contributed by atoms with Gasteiger partial charge < -0.3 is 4.74 Å². The molecule has 0 aliphatic rings. The van der Waals surface area contributed by atoms with Crippen LogP contribution in [0, 0.1) is 20.8 Å². The van der Waals surface area contributed by atoms with Gasteiger partial charge in [-0.25, -0.2) is 0 Å². The first-order valence-corrected chi connectivity index (χ1v) is 7.20. The maximum atomic E-state index is 12.1. The fourth-order valence-corrected chi connectivity index (χ4v) is 2.34. The topological polar surface area (TPSA) is 86.3 Å². The molecule has 23 heavy (non-hydrogen) atoms. The van der Waals surface area contributed by atoms with E-state index in [0.717, 1.165) is 17.0 Å². The largest absolute Gasteiger partial charge is 0.480 e. The number of carbonyl (C=O) groups excluding carboxylic acids is 1. The van der Waals surface area contributed by atoms with E-state index >= 15 is 0 Å². The van der Waals surface area contributed by atoms with Crippen molar-refractivity contribution in [2.75, 3.05) is 11.9 Å². The lowest BCUT2D eigenvalue weighted by molar-refractivity contribution is -0.118. The third kappa shape index (κ3) is 2.87. The minimum atomic E-state index is -0.303. The van der Waals surface area contributed by atoms with Gasteiger partial charge in [-0.2, -0.15) is 5.10 Å². The molecular formula is C15H18N6O2. The summed E-state index contributed by atoms with van der Waals surface area (Å²) in [6.07, 6.45) is 1.82. The number of aryl methyl sites for hydroxylation is 3. The number of nitrogens with zero attached hydrogens (tertiary/aromatic N) is 5. The summed E-state index contributed by atoms with van der Waals surface area (Å²) in [6, 6.07) is 3.81. The SMILES string of the molecule is Cc1ccn2c(NC(=O)COc3c(C)nn(C)c3C)nnc2c1. The number of pyridine rings is 1. The van der Waals surface area contributed by atoms with E-state index in [2.05, 4.69) is 20.6 Å². The number of aromatic nitrogens is 5. The van der Waals surface area contributed by atoms with Crippen molar-refractivity contribution in [2.24, 2.45) is 7.05 Å². The Labute approximate surface area is 133 Å². The number of amides is 1. The summed E-state index contributed by atoms with van der Waals surface area (Å²) in [5.41, 5.74) is 3.38. The summed E-state index contributed by atoms with van der Waals surface area (Å²) in [5.74, 6) is 0.695. The Bertz CT molecular complexity index is 880. The zero-order valence-corrected chi connectivity index (χ0v) is 13.5. The molecule has 0 saturated heterocycles. The molecule has 0 unspecified atom stereocenters. The van der Waals surface area contributed by atoms with Gasteiger partial charge in [0.1, 0.15) is 5.69 Å². The molecule has 0 bridgehead atoms. The van der Waals surface area contributed by atoms with Crippen molar-refractivity contribution >= 4 is 17.5 Å². The Morgan fingerprint density at radius 2 is 2.09 bits per heavy atom. The maximum absolute atomic E-state index is 12.1. The summed E-state index contributed by atoms with van der Waals surface area (Å²) in [6.45, 7) is 5.59. The Kier molecular flexibility index (Phi) is 3.73. The van der Waals surface area contributed by atoms with Crippen LogP contribution in [0.3, 0.4) is 0 Å². The molecule has 0 aliphatic heterocycles. The van der Waals surface area contributed by atoms with Crippen LogP contribution in [0.25, 0.3) is 5.65 Å². The lowest BCUT2D eigenvalue weighted by Gasteiger charge is -2.07. The van der Waals surface area contributed by atoms with Crippen molar-refractivity contribution in [3.8, 4) is 5.75 Å². The predicted molar refractivity (Wildman–Crippen MR) is 84.5 cm³/mol. The van der Waals surface area contributed by atoms with Crippen molar-refractivity contribution in [2.45, 2.75) is 20.8 Å². The lowest BCUT2D eigenvalue weighted by Crippen LogP contribution is -2.21. The van der Waals surface area contributed by atoms with Crippen LogP contribution < -0.4 is 10.1 Å². The zero-order valence-electron chi connectivity index (χ0n) is 13.5. The molecule has 0 aliphatic carbocycles. The van der Waals surface area contributed by atoms with Gasteiger partial charge in [-0.3, -0.25) is 19.2 Å². The van der Waals surface area contributed by atoms with Crippen LogP contribution in [0.15, 0.2) is 18.3 Å². The van der Waals surface area contributed by atoms with Crippen LogP contribution >= 0.6 is 0 Å². The summed E-state index contributed by atoms with van der Waals surface area (Å²) in [4.78, 5) is 12.1. The summed E-state index contributed by atoms with van der Waals surface area (Å²) in [5, 5.41) is 15.0. The smallest absolute Gasteiger partial charge is 0.264 e.